The average Bonchev–Trinajstić information content (AvgIpc) is 3.56. The first-order valence-electron chi connectivity index (χ1n) is 16.1. The van der Waals surface area contributed by atoms with Gasteiger partial charge in [0, 0.05) is 42.8 Å². The van der Waals surface area contributed by atoms with E-state index in [1.54, 1.807) is 19.1 Å². The van der Waals surface area contributed by atoms with Crippen molar-refractivity contribution in [2.24, 2.45) is 5.92 Å². The predicted molar refractivity (Wildman–Crippen MR) is 179 cm³/mol. The fraction of sp³-hybridized carbons (Fsp3) is 0.444. The number of para-hydroxylation sites is 2. The standard InChI is InChI=1S/C36H44N2O7Si/c1-23-35(43-3)28-19-24(38-29-10-6-7-11-31(29)44-22-34(38)41)12-17-30(28)45-36(23)32(20-33(40)37-18-8-9-25(37)21-39)46(4,5)27-15-13-26(42-2)14-16-27/h6-7,10-17,19,23,25,32,35-36,39H,8-9,18,20-22H2,1-5H3/t23-,25-,32?,35-,36-/m0/s1. The molecule has 1 unspecified atom stereocenters. The Hall–Kier alpha value is -3.86. The molecule has 3 aromatic rings. The minimum Gasteiger partial charge on any atom is -0.497 e. The summed E-state index contributed by atoms with van der Waals surface area (Å²) in [5.41, 5.74) is 2.19. The second kappa shape index (κ2) is 13.1. The lowest BCUT2D eigenvalue weighted by Crippen LogP contribution is -2.55. The largest absolute Gasteiger partial charge is 0.497 e. The van der Waals surface area contributed by atoms with Crippen molar-refractivity contribution in [1.82, 2.24) is 4.90 Å². The van der Waals surface area contributed by atoms with Gasteiger partial charge >= 0.3 is 0 Å². The maximum absolute atomic E-state index is 14.0. The minimum atomic E-state index is -2.38. The van der Waals surface area contributed by atoms with Crippen LogP contribution >= 0.6 is 0 Å². The van der Waals surface area contributed by atoms with Gasteiger partial charge in [0.05, 0.1) is 39.6 Å². The predicted octanol–water partition coefficient (Wildman–Crippen LogP) is 5.20. The van der Waals surface area contributed by atoms with Crippen LogP contribution in [0.5, 0.6) is 17.2 Å². The van der Waals surface area contributed by atoms with Crippen LogP contribution in [0.25, 0.3) is 0 Å². The number of aliphatic hydroxyl groups excluding tert-OH is 1. The van der Waals surface area contributed by atoms with Crippen molar-refractivity contribution in [1.29, 1.82) is 0 Å². The molecule has 0 spiro atoms. The summed E-state index contributed by atoms with van der Waals surface area (Å²) in [7, 11) is 0.982. The van der Waals surface area contributed by atoms with Gasteiger partial charge in [0.1, 0.15) is 23.4 Å². The van der Waals surface area contributed by atoms with E-state index in [9.17, 15) is 14.7 Å². The maximum Gasteiger partial charge on any atom is 0.269 e. The second-order valence-corrected chi connectivity index (χ2v) is 17.9. The highest BCUT2D eigenvalue weighted by atomic mass is 28.3. The van der Waals surface area contributed by atoms with Gasteiger partial charge in [-0.15, -0.1) is 0 Å². The smallest absolute Gasteiger partial charge is 0.269 e. The molecule has 0 aliphatic carbocycles. The Labute approximate surface area is 272 Å². The first-order chi connectivity index (χ1) is 22.2. The molecular weight excluding hydrogens is 600 g/mol. The van der Waals surface area contributed by atoms with E-state index >= 15 is 0 Å². The Morgan fingerprint density at radius 3 is 2.54 bits per heavy atom. The summed E-state index contributed by atoms with van der Waals surface area (Å²) in [6.45, 7) is 7.34. The first kappa shape index (κ1) is 32.1. The summed E-state index contributed by atoms with van der Waals surface area (Å²) in [4.78, 5) is 30.6. The molecule has 1 fully saturated rings. The van der Waals surface area contributed by atoms with Crippen molar-refractivity contribution in [3.63, 3.8) is 0 Å². The number of fused-ring (bicyclic) bond motifs is 2. The molecule has 5 atom stereocenters. The summed E-state index contributed by atoms with van der Waals surface area (Å²) in [5.74, 6) is 1.95. The number of benzene rings is 3. The van der Waals surface area contributed by atoms with Gasteiger partial charge in [-0.25, -0.2) is 0 Å². The molecule has 0 bridgehead atoms. The molecule has 10 heteroatoms. The van der Waals surface area contributed by atoms with Gasteiger partial charge in [-0.2, -0.15) is 0 Å². The zero-order valence-corrected chi connectivity index (χ0v) is 28.3. The number of ether oxygens (including phenoxy) is 4. The van der Waals surface area contributed by atoms with Crippen molar-refractivity contribution in [2.75, 3.05) is 38.9 Å². The molecule has 0 radical (unpaired) electrons. The number of likely N-dealkylation sites (tertiary alicyclic amines) is 1. The number of carbonyl (C=O) groups is 2. The lowest BCUT2D eigenvalue weighted by molar-refractivity contribution is -0.133. The van der Waals surface area contributed by atoms with Crippen molar-refractivity contribution < 1.29 is 33.6 Å². The highest BCUT2D eigenvalue weighted by molar-refractivity contribution is 6.91. The summed E-state index contributed by atoms with van der Waals surface area (Å²) < 4.78 is 24.2. The average molecular weight is 645 g/mol. The fourth-order valence-electron chi connectivity index (χ4n) is 7.57. The monoisotopic (exact) mass is 644 g/mol. The van der Waals surface area contributed by atoms with E-state index in [1.165, 1.54) is 5.19 Å². The van der Waals surface area contributed by atoms with Crippen molar-refractivity contribution >= 4 is 36.4 Å². The van der Waals surface area contributed by atoms with Crippen LogP contribution in [-0.4, -0.2) is 76.0 Å². The molecule has 1 saturated heterocycles. The quantitative estimate of drug-likeness (QED) is 0.320. The van der Waals surface area contributed by atoms with Gasteiger partial charge in [-0.3, -0.25) is 14.5 Å². The van der Waals surface area contributed by atoms with E-state index in [0.29, 0.717) is 30.2 Å². The van der Waals surface area contributed by atoms with Crippen molar-refractivity contribution in [3.05, 3.63) is 72.3 Å². The molecule has 6 rings (SSSR count). The highest BCUT2D eigenvalue weighted by Gasteiger charge is 2.49. The number of carbonyl (C=O) groups excluding carboxylic acids is 2. The van der Waals surface area contributed by atoms with Crippen LogP contribution in [0.2, 0.25) is 18.6 Å². The van der Waals surface area contributed by atoms with E-state index in [2.05, 4.69) is 32.2 Å². The van der Waals surface area contributed by atoms with Crippen LogP contribution in [-0.2, 0) is 14.3 Å². The molecule has 244 valence electrons. The Bertz CT molecular complexity index is 1580. The zero-order chi connectivity index (χ0) is 32.6. The molecule has 0 aromatic heterocycles. The normalized spacial score (nSPS) is 23.2. The summed E-state index contributed by atoms with van der Waals surface area (Å²) >= 11 is 0. The number of methoxy groups -OCH3 is 2. The van der Waals surface area contributed by atoms with Crippen LogP contribution in [0.4, 0.5) is 11.4 Å². The Morgan fingerprint density at radius 2 is 1.83 bits per heavy atom. The SMILES string of the molecule is COc1ccc([Si](C)(C)C(CC(=O)N2CCC[C@H]2CO)[C@H]2Oc3ccc(N4C(=O)COc5ccccc54)cc3[C@@H](OC)[C@@H]2C)cc1. The molecule has 9 nitrogen and oxygen atoms in total. The second-order valence-electron chi connectivity index (χ2n) is 13.1. The number of anilines is 2. The summed E-state index contributed by atoms with van der Waals surface area (Å²) in [6.07, 6.45) is 1.40. The van der Waals surface area contributed by atoms with Crippen LogP contribution in [0.1, 0.15) is 37.9 Å². The van der Waals surface area contributed by atoms with Crippen LogP contribution in [0.3, 0.4) is 0 Å². The lowest BCUT2D eigenvalue weighted by Gasteiger charge is -2.46. The third-order valence-corrected chi connectivity index (χ3v) is 14.4. The van der Waals surface area contributed by atoms with E-state index in [-0.39, 0.29) is 54.7 Å². The lowest BCUT2D eigenvalue weighted by atomic mass is 9.86. The molecule has 3 aliphatic rings. The number of nitrogens with zero attached hydrogens (tertiary/aromatic N) is 2. The molecule has 3 aliphatic heterocycles. The molecule has 3 aromatic carbocycles. The summed E-state index contributed by atoms with van der Waals surface area (Å²) in [6, 6.07) is 21.4. The van der Waals surface area contributed by atoms with E-state index < -0.39 is 8.07 Å². The van der Waals surface area contributed by atoms with E-state index in [4.69, 9.17) is 18.9 Å². The maximum atomic E-state index is 14.0. The van der Waals surface area contributed by atoms with E-state index in [1.807, 2.05) is 59.5 Å². The number of hydrogen-bond acceptors (Lipinski definition) is 7. The fourth-order valence-corrected chi connectivity index (χ4v) is 10.9. The molecule has 3 heterocycles. The third-order valence-electron chi connectivity index (χ3n) is 10.2. The number of rotatable bonds is 9. The van der Waals surface area contributed by atoms with Gasteiger partial charge in [0.15, 0.2) is 6.61 Å². The summed E-state index contributed by atoms with van der Waals surface area (Å²) in [5, 5.41) is 11.2. The van der Waals surface area contributed by atoms with Gasteiger partial charge in [-0.1, -0.05) is 49.5 Å². The minimum absolute atomic E-state index is 0.0242. The van der Waals surface area contributed by atoms with E-state index in [0.717, 1.165) is 29.8 Å². The number of aliphatic hydroxyl groups is 1. The van der Waals surface area contributed by atoms with Gasteiger partial charge in [-0.05, 0) is 55.3 Å². The number of hydrogen-bond donors (Lipinski definition) is 1. The molecule has 46 heavy (non-hydrogen) atoms. The van der Waals surface area contributed by atoms with Crippen molar-refractivity contribution in [2.45, 2.75) is 63.1 Å². The molecular formula is C36H44N2O7Si. The third kappa shape index (κ3) is 5.78. The Kier molecular flexibility index (Phi) is 9.14. The topological polar surface area (TPSA) is 97.8 Å². The van der Waals surface area contributed by atoms with Crippen LogP contribution < -0.4 is 24.3 Å². The molecule has 1 N–H and O–H groups in total. The van der Waals surface area contributed by atoms with Gasteiger partial charge in [0.2, 0.25) is 5.91 Å². The highest BCUT2D eigenvalue weighted by Crippen LogP contribution is 2.49. The van der Waals surface area contributed by atoms with Crippen molar-refractivity contribution in [3.8, 4) is 17.2 Å². The van der Waals surface area contributed by atoms with Gasteiger partial charge < -0.3 is 29.0 Å². The van der Waals surface area contributed by atoms with Crippen LogP contribution in [0, 0.1) is 5.92 Å². The Morgan fingerprint density at radius 1 is 1.07 bits per heavy atom. The first-order valence-corrected chi connectivity index (χ1v) is 19.2. The van der Waals surface area contributed by atoms with Crippen LogP contribution in [0.15, 0.2) is 66.7 Å². The number of amides is 2. The Balaban J connectivity index is 1.37. The van der Waals surface area contributed by atoms with Gasteiger partial charge in [0.25, 0.3) is 5.91 Å². The molecule has 0 saturated carbocycles. The molecule has 2 amide bonds. The zero-order valence-electron chi connectivity index (χ0n) is 27.3.